The number of rotatable bonds is 6. The smallest absolute Gasteiger partial charge is 0.142 e. The van der Waals surface area contributed by atoms with E-state index >= 15 is 0 Å². The van der Waals surface area contributed by atoms with Gasteiger partial charge in [0.2, 0.25) is 0 Å². The van der Waals surface area contributed by atoms with Crippen LogP contribution in [-0.4, -0.2) is 54.0 Å². The Morgan fingerprint density at radius 1 is 1.00 bits per heavy atom. The van der Waals surface area contributed by atoms with Crippen LogP contribution in [0.2, 0.25) is 0 Å². The van der Waals surface area contributed by atoms with E-state index in [4.69, 9.17) is 4.74 Å². The average molecular weight is 353 g/mol. The zero-order valence-corrected chi connectivity index (χ0v) is 14.7. The lowest BCUT2D eigenvalue weighted by atomic mass is 10.2. The third kappa shape index (κ3) is 3.51. The van der Waals surface area contributed by atoms with Crippen molar-refractivity contribution in [3.8, 4) is 5.75 Å². The molecule has 6 heteroatoms. The first kappa shape index (κ1) is 16.8. The number of aromatic nitrogens is 2. The first-order chi connectivity index (χ1) is 12.8. The van der Waals surface area contributed by atoms with Crippen LogP contribution in [0.25, 0.3) is 5.52 Å². The number of pyridine rings is 1. The minimum atomic E-state index is -0.470. The number of para-hydroxylation sites is 2. The molecule has 3 aromatic rings. The normalized spacial score (nSPS) is 15.5. The Morgan fingerprint density at radius 3 is 2.65 bits per heavy atom. The molecule has 0 aliphatic carbocycles. The Labute approximate surface area is 152 Å². The Bertz CT molecular complexity index is 858. The Kier molecular flexibility index (Phi) is 5.02. The predicted octanol–water partition coefficient (Wildman–Crippen LogP) is 3.00. The fourth-order valence-corrected chi connectivity index (χ4v) is 3.49. The van der Waals surface area contributed by atoms with Crippen LogP contribution in [0, 0.1) is 0 Å². The summed E-state index contributed by atoms with van der Waals surface area (Å²) in [5.41, 5.74) is 3.47. The van der Waals surface area contributed by atoms with Gasteiger partial charge in [-0.25, -0.2) is 8.91 Å². The number of nitrogens with zero attached hydrogens (tertiary/aromatic N) is 4. The molecule has 1 aliphatic rings. The minimum absolute atomic E-state index is 0.103. The highest BCUT2D eigenvalue weighted by Crippen LogP contribution is 2.29. The Balaban J connectivity index is 1.40. The number of alkyl halides is 1. The third-order valence-electron chi connectivity index (χ3n) is 4.81. The summed E-state index contributed by atoms with van der Waals surface area (Å²) in [7, 11) is 0. The van der Waals surface area contributed by atoms with E-state index in [1.165, 1.54) is 11.1 Å². The van der Waals surface area contributed by atoms with E-state index in [1.54, 1.807) is 0 Å². The van der Waals surface area contributed by atoms with Gasteiger partial charge < -0.3 is 9.64 Å². The van der Waals surface area contributed by atoms with Crippen LogP contribution >= 0.6 is 0 Å². The molecule has 0 atom stereocenters. The quantitative estimate of drug-likeness (QED) is 0.682. The third-order valence-corrected chi connectivity index (χ3v) is 4.81. The van der Waals surface area contributed by atoms with E-state index < -0.39 is 6.67 Å². The zero-order valence-electron chi connectivity index (χ0n) is 14.7. The van der Waals surface area contributed by atoms with E-state index in [0.717, 1.165) is 44.2 Å². The van der Waals surface area contributed by atoms with Gasteiger partial charge in [0.15, 0.2) is 0 Å². The number of anilines is 1. The second-order valence-corrected chi connectivity index (χ2v) is 6.47. The van der Waals surface area contributed by atoms with Crippen molar-refractivity contribution in [1.29, 1.82) is 0 Å². The lowest BCUT2D eigenvalue weighted by Crippen LogP contribution is -2.46. The van der Waals surface area contributed by atoms with Gasteiger partial charge in [0.25, 0.3) is 0 Å². The summed E-state index contributed by atoms with van der Waals surface area (Å²) in [5.74, 6) is 0.765. The lowest BCUT2D eigenvalue weighted by molar-refractivity contribution is 0.247. The van der Waals surface area contributed by atoms with Gasteiger partial charge in [0.1, 0.15) is 19.0 Å². The van der Waals surface area contributed by atoms with Gasteiger partial charge in [-0.05, 0) is 24.3 Å². The maximum absolute atomic E-state index is 12.4. The molecule has 1 aromatic carbocycles. The molecule has 1 saturated heterocycles. The number of benzene rings is 1. The van der Waals surface area contributed by atoms with E-state index in [0.29, 0.717) is 0 Å². The molecule has 4 rings (SSSR count). The van der Waals surface area contributed by atoms with Gasteiger partial charge in [-0.1, -0.05) is 18.2 Å². The standard InChI is InChI=1S/C20H23FN4O/c21-8-14-26-20-7-2-1-6-19(20)24-12-10-23(11-13-24)16-17-15-22-25-9-4-3-5-18(17)25/h1-7,9,15H,8,10-14,16H2/i21-1. The summed E-state index contributed by atoms with van der Waals surface area (Å²) in [4.78, 5) is 4.77. The van der Waals surface area contributed by atoms with Crippen molar-refractivity contribution in [2.45, 2.75) is 6.54 Å². The van der Waals surface area contributed by atoms with Crippen molar-refractivity contribution in [2.24, 2.45) is 0 Å². The largest absolute Gasteiger partial charge is 0.489 e. The van der Waals surface area contributed by atoms with Crippen LogP contribution in [0.15, 0.2) is 54.9 Å². The number of halogens is 1. The molecule has 0 amide bonds. The first-order valence-electron chi connectivity index (χ1n) is 9.01. The maximum Gasteiger partial charge on any atom is 0.142 e. The van der Waals surface area contributed by atoms with Crippen molar-refractivity contribution in [3.05, 3.63) is 60.4 Å². The number of piperazine rings is 1. The molecule has 0 N–H and O–H groups in total. The van der Waals surface area contributed by atoms with Gasteiger partial charge in [-0.15, -0.1) is 0 Å². The molecule has 26 heavy (non-hydrogen) atoms. The second-order valence-electron chi connectivity index (χ2n) is 6.47. The van der Waals surface area contributed by atoms with Crippen molar-refractivity contribution < 1.29 is 9.13 Å². The highest BCUT2D eigenvalue weighted by molar-refractivity contribution is 5.59. The lowest BCUT2D eigenvalue weighted by Gasteiger charge is -2.36. The second kappa shape index (κ2) is 7.74. The number of fused-ring (bicyclic) bond motifs is 1. The van der Waals surface area contributed by atoms with E-state index in [2.05, 4.69) is 27.0 Å². The number of hydrogen-bond acceptors (Lipinski definition) is 4. The molecule has 136 valence electrons. The van der Waals surface area contributed by atoms with E-state index in [1.807, 2.05) is 47.2 Å². The summed E-state index contributed by atoms with van der Waals surface area (Å²) in [6.45, 7) is 4.34. The average Bonchev–Trinajstić information content (AvgIpc) is 3.10. The number of hydrogen-bond donors (Lipinski definition) is 0. The van der Waals surface area contributed by atoms with Crippen molar-refractivity contribution in [2.75, 3.05) is 44.4 Å². The highest BCUT2D eigenvalue weighted by atomic mass is 18.2. The van der Waals surface area contributed by atoms with Crippen LogP contribution in [-0.2, 0) is 6.54 Å². The maximum atomic E-state index is 12.4. The van der Waals surface area contributed by atoms with Crippen LogP contribution in [0.1, 0.15) is 5.56 Å². The van der Waals surface area contributed by atoms with Gasteiger partial charge in [0.05, 0.1) is 17.4 Å². The van der Waals surface area contributed by atoms with Crippen molar-refractivity contribution in [3.63, 3.8) is 0 Å². The van der Waals surface area contributed by atoms with Gasteiger partial charge >= 0.3 is 0 Å². The molecule has 0 spiro atoms. The van der Waals surface area contributed by atoms with Crippen LogP contribution in [0.5, 0.6) is 5.75 Å². The molecule has 5 nitrogen and oxygen atoms in total. The summed E-state index contributed by atoms with van der Waals surface area (Å²) in [6.07, 6.45) is 3.94. The summed E-state index contributed by atoms with van der Waals surface area (Å²) in [5, 5.41) is 4.42. The first-order valence-corrected chi connectivity index (χ1v) is 9.01. The molecule has 0 saturated carbocycles. The van der Waals surface area contributed by atoms with Crippen molar-refractivity contribution in [1.82, 2.24) is 14.5 Å². The predicted molar refractivity (Wildman–Crippen MR) is 101 cm³/mol. The van der Waals surface area contributed by atoms with Crippen LogP contribution in [0.3, 0.4) is 0 Å². The van der Waals surface area contributed by atoms with Crippen LogP contribution in [0.4, 0.5) is 10.1 Å². The van der Waals surface area contributed by atoms with E-state index in [9.17, 15) is 4.39 Å². The van der Waals surface area contributed by atoms with Crippen LogP contribution < -0.4 is 9.64 Å². The molecule has 1 fully saturated rings. The molecule has 3 heterocycles. The molecule has 1 aliphatic heterocycles. The Hall–Kier alpha value is -2.60. The monoisotopic (exact) mass is 353 g/mol. The van der Waals surface area contributed by atoms with Gasteiger partial charge in [-0.3, -0.25) is 4.90 Å². The fourth-order valence-electron chi connectivity index (χ4n) is 3.49. The molecular weight excluding hydrogens is 330 g/mol. The fraction of sp³-hybridized carbons (Fsp3) is 0.350. The molecule has 0 bridgehead atoms. The summed E-state index contributed by atoms with van der Waals surface area (Å²) >= 11 is 0. The zero-order chi connectivity index (χ0) is 17.8. The minimum Gasteiger partial charge on any atom is -0.489 e. The molecule has 2 aromatic heterocycles. The molecule has 0 unspecified atom stereocenters. The number of ether oxygens (including phenoxy) is 1. The topological polar surface area (TPSA) is 33.0 Å². The summed E-state index contributed by atoms with van der Waals surface area (Å²) < 4.78 is 19.9. The van der Waals surface area contributed by atoms with Crippen molar-refractivity contribution >= 4 is 11.2 Å². The van der Waals surface area contributed by atoms with Gasteiger partial charge in [-0.2, -0.15) is 5.10 Å². The Morgan fingerprint density at radius 2 is 1.81 bits per heavy atom. The van der Waals surface area contributed by atoms with E-state index in [-0.39, 0.29) is 6.61 Å². The summed E-state index contributed by atoms with van der Waals surface area (Å²) in [6, 6.07) is 14.0. The highest BCUT2D eigenvalue weighted by Gasteiger charge is 2.20. The van der Waals surface area contributed by atoms with Gasteiger partial charge in [0, 0.05) is 44.5 Å². The molecule has 0 radical (unpaired) electrons. The SMILES string of the molecule is [18F]CCOc1ccccc1N1CCN(Cc2cnn3ccccc23)CC1. The molecular formula is C20H23FN4O.